The molecule has 0 spiro atoms. The molecule has 24 nitrogen and oxygen atoms in total. The number of nitrogens with zero attached hydrogens (tertiary/aromatic N) is 4. The van der Waals surface area contributed by atoms with Gasteiger partial charge in [0.25, 0.3) is 0 Å². The molecule has 0 radical (unpaired) electrons. The summed E-state index contributed by atoms with van der Waals surface area (Å²) in [7, 11) is -16.4. The standard InChI is InChI=1S/C32H42N7O17P3S/c1-32(2,26(42)29(43)35-10-9-22(40)34-11-12-60-31(44)20-8-7-18-5-3-4-6-19(18)13-20)15-53-59(50,51)56-58(48,49)52-14-21-25(55-57(45,46)47)24(41)30(54-21)39-17-38-23-27(33)36-16-37-28(23)39/h3-8,13,16-17,21,24-26,30,41-42H,9-12,14-15H2,1-2H3,(H,34,40)(H,35,43)(H,48,49)(H,50,51)(H2,33,36,37)(H2,45,46,47)/t21-,24-,25-,26+,30-/m1/s1. The van der Waals surface area contributed by atoms with Crippen LogP contribution in [0.15, 0.2) is 55.1 Å². The Labute approximate surface area is 344 Å². The number of hydrogen-bond acceptors (Lipinski definition) is 18. The molecular weight excluding hydrogens is 879 g/mol. The van der Waals surface area contributed by atoms with E-state index in [9.17, 15) is 57.9 Å². The molecule has 2 amide bonds. The van der Waals surface area contributed by atoms with E-state index in [4.69, 9.17) is 19.5 Å². The fourth-order valence-electron chi connectivity index (χ4n) is 5.67. The second kappa shape index (κ2) is 19.5. The molecule has 5 rings (SSSR count). The monoisotopic (exact) mass is 921 g/mol. The van der Waals surface area contributed by atoms with Crippen molar-refractivity contribution >= 4 is 79.9 Å². The number of imidazole rings is 1. The van der Waals surface area contributed by atoms with E-state index < -0.39 is 84.6 Å². The maximum atomic E-state index is 12.7. The van der Waals surface area contributed by atoms with E-state index in [1.165, 1.54) is 13.8 Å². The number of nitrogen functional groups attached to an aromatic ring is 1. The number of ether oxygens (including phenoxy) is 1. The van der Waals surface area contributed by atoms with Crippen molar-refractivity contribution in [3.63, 3.8) is 0 Å². The van der Waals surface area contributed by atoms with Crippen LogP contribution in [-0.2, 0) is 45.9 Å². The van der Waals surface area contributed by atoms with E-state index in [0.717, 1.165) is 39.8 Å². The molecule has 7 atom stereocenters. The molecule has 2 aromatic carbocycles. The van der Waals surface area contributed by atoms with Crippen LogP contribution in [0, 0.1) is 5.41 Å². The average molecular weight is 922 g/mol. The van der Waals surface area contributed by atoms with Crippen molar-refractivity contribution in [3.05, 3.63) is 60.7 Å². The number of carbonyl (C=O) groups excluding carboxylic acids is 3. The van der Waals surface area contributed by atoms with Gasteiger partial charge in [-0.3, -0.25) is 32.5 Å². The minimum absolute atomic E-state index is 0.0285. The second-order valence-electron chi connectivity index (χ2n) is 13.8. The molecule has 0 bridgehead atoms. The van der Waals surface area contributed by atoms with Gasteiger partial charge in [-0.25, -0.2) is 28.6 Å². The Hall–Kier alpha value is -3.74. The number of aliphatic hydroxyl groups is 2. The second-order valence-corrected chi connectivity index (χ2v) is 19.1. The SMILES string of the molecule is CC(C)(COP(=O)(O)OP(=O)(O)OC[C@H]1O[C@@H](n2cnc3c(N)ncnc32)[C@H](O)[C@@H]1OP(=O)(O)O)[C@@H](O)C(=O)NCCC(=O)NCCSC(=O)c1ccc2ccccc2c1. The number of phosphoric ester groups is 3. The average Bonchev–Trinajstić information content (AvgIpc) is 3.74. The molecule has 4 aromatic rings. The fourth-order valence-corrected chi connectivity index (χ4v) is 9.19. The third-order valence-electron chi connectivity index (χ3n) is 8.72. The van der Waals surface area contributed by atoms with Crippen LogP contribution in [0.5, 0.6) is 0 Å². The van der Waals surface area contributed by atoms with Crippen LogP contribution in [0.1, 0.15) is 36.9 Å². The lowest BCUT2D eigenvalue weighted by atomic mass is 9.87. The van der Waals surface area contributed by atoms with E-state index in [1.54, 1.807) is 12.1 Å². The lowest BCUT2D eigenvalue weighted by Gasteiger charge is -2.30. The first kappa shape index (κ1) is 47.3. The quantitative estimate of drug-likeness (QED) is 0.0443. The summed E-state index contributed by atoms with van der Waals surface area (Å²) in [5.41, 5.74) is 4.78. The predicted octanol–water partition coefficient (Wildman–Crippen LogP) is 1.13. The number of amides is 2. The lowest BCUT2D eigenvalue weighted by Crippen LogP contribution is -2.46. The molecule has 3 heterocycles. The third kappa shape index (κ3) is 12.7. The molecule has 1 aliphatic rings. The zero-order valence-corrected chi connectivity index (χ0v) is 35.1. The van der Waals surface area contributed by atoms with Crippen molar-refractivity contribution in [2.24, 2.45) is 5.41 Å². The van der Waals surface area contributed by atoms with Crippen molar-refractivity contribution in [1.29, 1.82) is 0 Å². The van der Waals surface area contributed by atoms with Crippen molar-refractivity contribution in [2.45, 2.75) is 50.9 Å². The van der Waals surface area contributed by atoms with Gasteiger partial charge in [-0.15, -0.1) is 0 Å². The van der Waals surface area contributed by atoms with E-state index >= 15 is 0 Å². The van der Waals surface area contributed by atoms with Crippen LogP contribution < -0.4 is 16.4 Å². The van der Waals surface area contributed by atoms with Gasteiger partial charge in [-0.2, -0.15) is 4.31 Å². The van der Waals surface area contributed by atoms with Gasteiger partial charge in [0.15, 0.2) is 17.7 Å². The number of aliphatic hydroxyl groups excluding tert-OH is 2. The normalized spacial score (nSPS) is 21.0. The summed E-state index contributed by atoms with van der Waals surface area (Å²) in [6, 6.07) is 13.0. The summed E-state index contributed by atoms with van der Waals surface area (Å²) in [6.45, 7) is 0.427. The van der Waals surface area contributed by atoms with E-state index in [2.05, 4.69) is 34.4 Å². The van der Waals surface area contributed by atoms with Gasteiger partial charge < -0.3 is 50.9 Å². The number of phosphoric acid groups is 3. The van der Waals surface area contributed by atoms with Gasteiger partial charge in [0.1, 0.15) is 36.3 Å². The number of carbonyl (C=O) groups is 3. The molecule has 0 aliphatic carbocycles. The van der Waals surface area contributed by atoms with Crippen LogP contribution in [0.2, 0.25) is 0 Å². The molecule has 1 aliphatic heterocycles. The minimum atomic E-state index is -5.58. The first-order valence-corrected chi connectivity index (χ1v) is 23.1. The third-order valence-corrected chi connectivity index (χ3v) is 12.7. The fraction of sp³-hybridized carbons (Fsp3) is 0.438. The number of aromatic nitrogens is 4. The number of fused-ring (bicyclic) bond motifs is 2. The van der Waals surface area contributed by atoms with Gasteiger partial charge in [-0.05, 0) is 22.9 Å². The Bertz CT molecular complexity index is 2350. The maximum absolute atomic E-state index is 12.7. The van der Waals surface area contributed by atoms with Crippen LogP contribution in [0.4, 0.5) is 5.82 Å². The Kier molecular flexibility index (Phi) is 15.4. The summed E-state index contributed by atoms with van der Waals surface area (Å²) in [5.74, 6) is -1.19. The first-order chi connectivity index (χ1) is 28.1. The van der Waals surface area contributed by atoms with Crippen LogP contribution in [-0.4, -0.2) is 123 Å². The molecule has 2 aromatic heterocycles. The number of hydrogen-bond donors (Lipinski definition) is 9. The van der Waals surface area contributed by atoms with Crippen LogP contribution >= 0.6 is 35.2 Å². The van der Waals surface area contributed by atoms with Crippen molar-refractivity contribution in [1.82, 2.24) is 30.2 Å². The Morgan fingerprint density at radius 2 is 1.68 bits per heavy atom. The molecule has 2 unspecified atom stereocenters. The number of benzene rings is 2. The van der Waals surface area contributed by atoms with Crippen molar-refractivity contribution < 1.29 is 80.5 Å². The lowest BCUT2D eigenvalue weighted by molar-refractivity contribution is -0.137. The highest BCUT2D eigenvalue weighted by atomic mass is 32.2. The van der Waals surface area contributed by atoms with E-state index in [0.29, 0.717) is 11.3 Å². The summed E-state index contributed by atoms with van der Waals surface area (Å²) < 4.78 is 62.3. The largest absolute Gasteiger partial charge is 0.481 e. The smallest absolute Gasteiger partial charge is 0.386 e. The van der Waals surface area contributed by atoms with Crippen molar-refractivity contribution in [3.8, 4) is 0 Å². The number of rotatable bonds is 20. The molecule has 1 fully saturated rings. The topological polar surface area (TPSA) is 364 Å². The highest BCUT2D eigenvalue weighted by molar-refractivity contribution is 8.14. The summed E-state index contributed by atoms with van der Waals surface area (Å²) >= 11 is 1.03. The molecule has 328 valence electrons. The molecule has 60 heavy (non-hydrogen) atoms. The van der Waals surface area contributed by atoms with E-state index in [1.807, 2.05) is 30.3 Å². The van der Waals surface area contributed by atoms with Gasteiger partial charge in [0.05, 0.1) is 19.5 Å². The minimum Gasteiger partial charge on any atom is -0.386 e. The number of anilines is 1. The molecule has 28 heteroatoms. The van der Waals surface area contributed by atoms with E-state index in [-0.39, 0.29) is 41.6 Å². The number of nitrogens with one attached hydrogen (secondary N) is 2. The van der Waals surface area contributed by atoms with Crippen LogP contribution in [0.25, 0.3) is 21.9 Å². The summed E-state index contributed by atoms with van der Waals surface area (Å²) in [5, 5.41) is 28.3. The number of thioether (sulfide) groups is 1. The Morgan fingerprint density at radius 1 is 0.983 bits per heavy atom. The highest BCUT2D eigenvalue weighted by Gasteiger charge is 2.50. The summed E-state index contributed by atoms with van der Waals surface area (Å²) in [6.07, 6.45) is -6.96. The maximum Gasteiger partial charge on any atom is 0.481 e. The predicted molar refractivity (Wildman–Crippen MR) is 210 cm³/mol. The summed E-state index contributed by atoms with van der Waals surface area (Å²) in [4.78, 5) is 88.5. The van der Waals surface area contributed by atoms with Crippen LogP contribution in [0.3, 0.4) is 0 Å². The van der Waals surface area contributed by atoms with Crippen molar-refractivity contribution in [2.75, 3.05) is 37.8 Å². The Morgan fingerprint density at radius 3 is 2.40 bits per heavy atom. The highest BCUT2D eigenvalue weighted by Crippen LogP contribution is 2.61. The zero-order chi connectivity index (χ0) is 44.0. The zero-order valence-electron chi connectivity index (χ0n) is 31.6. The van der Waals surface area contributed by atoms with Gasteiger partial charge in [0, 0.05) is 36.2 Å². The number of nitrogens with two attached hydrogens (primary N) is 1. The molecular formula is C32H42N7O17P3S. The molecule has 0 saturated carbocycles. The Balaban J connectivity index is 1.04. The van der Waals surface area contributed by atoms with Gasteiger partial charge in [-0.1, -0.05) is 55.9 Å². The van der Waals surface area contributed by atoms with Gasteiger partial charge in [0.2, 0.25) is 16.9 Å². The first-order valence-electron chi connectivity index (χ1n) is 17.6. The molecule has 10 N–H and O–H groups in total. The van der Waals surface area contributed by atoms with Gasteiger partial charge >= 0.3 is 23.5 Å². The molecule has 1 saturated heterocycles.